The molecule has 0 aromatic carbocycles. The van der Waals surface area contributed by atoms with Crippen molar-refractivity contribution >= 4 is 0 Å². The van der Waals surface area contributed by atoms with Crippen LogP contribution in [0.25, 0.3) is 0 Å². The van der Waals surface area contributed by atoms with E-state index < -0.39 is 0 Å². The Bertz CT molecular complexity index is 198. The zero-order valence-corrected chi connectivity index (χ0v) is 11.3. The molecule has 3 nitrogen and oxygen atoms in total. The van der Waals surface area contributed by atoms with Gasteiger partial charge in [0.05, 0.1) is 0 Å². The van der Waals surface area contributed by atoms with E-state index in [1.165, 1.54) is 51.6 Å². The van der Waals surface area contributed by atoms with Crippen LogP contribution < -0.4 is 5.32 Å². The second kappa shape index (κ2) is 7.34. The van der Waals surface area contributed by atoms with Crippen LogP contribution in [0.15, 0.2) is 0 Å². The maximum atomic E-state index is 5.37. The van der Waals surface area contributed by atoms with Gasteiger partial charge in [0.25, 0.3) is 0 Å². The van der Waals surface area contributed by atoms with E-state index in [4.69, 9.17) is 4.74 Å². The lowest BCUT2D eigenvalue weighted by molar-refractivity contribution is 0.0773. The van der Waals surface area contributed by atoms with E-state index in [9.17, 15) is 0 Å². The summed E-state index contributed by atoms with van der Waals surface area (Å²) in [5.74, 6) is 0.975. The molecule has 1 heterocycles. The van der Waals surface area contributed by atoms with Gasteiger partial charge < -0.3 is 15.0 Å². The molecule has 2 rings (SSSR count). The Kier molecular flexibility index (Phi) is 5.75. The zero-order chi connectivity index (χ0) is 11.9. The van der Waals surface area contributed by atoms with Crippen molar-refractivity contribution in [3.63, 3.8) is 0 Å². The van der Waals surface area contributed by atoms with E-state index in [2.05, 4.69) is 17.3 Å². The Labute approximate surface area is 106 Å². The predicted octanol–water partition coefficient (Wildman–Crippen LogP) is 1.88. The van der Waals surface area contributed by atoms with E-state index in [0.29, 0.717) is 6.04 Å². The largest absolute Gasteiger partial charge is 0.381 e. The van der Waals surface area contributed by atoms with Crippen LogP contribution in [0, 0.1) is 5.92 Å². The van der Waals surface area contributed by atoms with Gasteiger partial charge in [-0.3, -0.25) is 0 Å². The van der Waals surface area contributed by atoms with Crippen molar-refractivity contribution in [1.82, 2.24) is 10.2 Å². The van der Waals surface area contributed by atoms with Gasteiger partial charge in [-0.25, -0.2) is 0 Å². The van der Waals surface area contributed by atoms with Gasteiger partial charge in [0, 0.05) is 38.9 Å². The minimum atomic E-state index is 0.698. The summed E-state index contributed by atoms with van der Waals surface area (Å²) in [6.07, 6.45) is 8.20. The standard InChI is InChI=1S/C14H28N2O/c1-16(12-13-4-2-3-5-13)9-8-15-14-6-10-17-11-7-14/h13-15H,2-12H2,1H3. The third-order valence-corrected chi connectivity index (χ3v) is 4.19. The monoisotopic (exact) mass is 240 g/mol. The van der Waals surface area contributed by atoms with E-state index in [-0.39, 0.29) is 0 Å². The topological polar surface area (TPSA) is 24.5 Å². The van der Waals surface area contributed by atoms with E-state index >= 15 is 0 Å². The summed E-state index contributed by atoms with van der Waals surface area (Å²) in [6, 6.07) is 0.698. The van der Waals surface area contributed by atoms with Crippen molar-refractivity contribution in [2.75, 3.05) is 39.9 Å². The van der Waals surface area contributed by atoms with Crippen LogP contribution in [0.1, 0.15) is 38.5 Å². The molecule has 0 spiro atoms. The van der Waals surface area contributed by atoms with Crippen LogP contribution in [-0.4, -0.2) is 50.8 Å². The smallest absolute Gasteiger partial charge is 0.0480 e. The SMILES string of the molecule is CN(CCNC1CCOCC1)CC1CCCC1. The highest BCUT2D eigenvalue weighted by molar-refractivity contribution is 4.73. The number of ether oxygens (including phenoxy) is 1. The molecule has 0 aromatic heterocycles. The number of nitrogens with one attached hydrogen (secondary N) is 1. The van der Waals surface area contributed by atoms with Gasteiger partial charge in [-0.15, -0.1) is 0 Å². The fourth-order valence-electron chi connectivity index (χ4n) is 3.09. The number of rotatable bonds is 6. The molecule has 17 heavy (non-hydrogen) atoms. The Balaban J connectivity index is 1.51. The Morgan fingerprint density at radius 3 is 2.53 bits per heavy atom. The lowest BCUT2D eigenvalue weighted by Crippen LogP contribution is -2.39. The molecule has 1 aliphatic heterocycles. The molecule has 0 unspecified atom stereocenters. The maximum Gasteiger partial charge on any atom is 0.0480 e. The fraction of sp³-hybridized carbons (Fsp3) is 1.00. The van der Waals surface area contributed by atoms with E-state index in [1.807, 2.05) is 0 Å². The molecule has 0 aromatic rings. The average Bonchev–Trinajstić information content (AvgIpc) is 2.83. The summed E-state index contributed by atoms with van der Waals surface area (Å²) in [5, 5.41) is 3.66. The summed E-state index contributed by atoms with van der Waals surface area (Å²) >= 11 is 0. The summed E-state index contributed by atoms with van der Waals surface area (Å²) < 4.78 is 5.37. The zero-order valence-electron chi connectivity index (χ0n) is 11.3. The van der Waals surface area contributed by atoms with Gasteiger partial charge in [-0.2, -0.15) is 0 Å². The highest BCUT2D eigenvalue weighted by atomic mass is 16.5. The molecule has 1 saturated heterocycles. The number of nitrogens with zero attached hydrogens (tertiary/aromatic N) is 1. The van der Waals surface area contributed by atoms with Crippen LogP contribution in [0.5, 0.6) is 0 Å². The lowest BCUT2D eigenvalue weighted by atomic mass is 10.1. The molecule has 3 heteroatoms. The summed E-state index contributed by atoms with van der Waals surface area (Å²) in [5.41, 5.74) is 0. The van der Waals surface area contributed by atoms with Crippen molar-refractivity contribution in [3.05, 3.63) is 0 Å². The summed E-state index contributed by atoms with van der Waals surface area (Å²) in [6.45, 7) is 5.50. The first-order chi connectivity index (χ1) is 8.34. The molecule has 0 atom stereocenters. The molecular formula is C14H28N2O. The molecule has 1 N–H and O–H groups in total. The third kappa shape index (κ3) is 4.94. The Morgan fingerprint density at radius 2 is 1.82 bits per heavy atom. The average molecular weight is 240 g/mol. The summed E-state index contributed by atoms with van der Waals surface area (Å²) in [4.78, 5) is 2.50. The molecule has 100 valence electrons. The van der Waals surface area contributed by atoms with Crippen molar-refractivity contribution in [3.8, 4) is 0 Å². The number of hydrogen-bond acceptors (Lipinski definition) is 3. The molecule has 1 aliphatic carbocycles. The molecular weight excluding hydrogens is 212 g/mol. The van der Waals surface area contributed by atoms with Gasteiger partial charge in [-0.1, -0.05) is 12.8 Å². The summed E-state index contributed by atoms with van der Waals surface area (Å²) in [7, 11) is 2.27. The van der Waals surface area contributed by atoms with Crippen molar-refractivity contribution in [2.45, 2.75) is 44.6 Å². The Morgan fingerprint density at radius 1 is 1.12 bits per heavy atom. The first-order valence-corrected chi connectivity index (χ1v) is 7.34. The maximum absolute atomic E-state index is 5.37. The Hall–Kier alpha value is -0.120. The predicted molar refractivity (Wildman–Crippen MR) is 71.3 cm³/mol. The quantitative estimate of drug-likeness (QED) is 0.767. The first-order valence-electron chi connectivity index (χ1n) is 7.34. The highest BCUT2D eigenvalue weighted by Crippen LogP contribution is 2.24. The van der Waals surface area contributed by atoms with Gasteiger partial charge in [-0.05, 0) is 38.6 Å². The third-order valence-electron chi connectivity index (χ3n) is 4.19. The lowest BCUT2D eigenvalue weighted by Gasteiger charge is -2.25. The second-order valence-electron chi connectivity index (χ2n) is 5.75. The van der Waals surface area contributed by atoms with E-state index in [1.54, 1.807) is 0 Å². The highest BCUT2D eigenvalue weighted by Gasteiger charge is 2.17. The molecule has 2 fully saturated rings. The van der Waals surface area contributed by atoms with Gasteiger partial charge >= 0.3 is 0 Å². The second-order valence-corrected chi connectivity index (χ2v) is 5.75. The van der Waals surface area contributed by atoms with Crippen LogP contribution in [-0.2, 0) is 4.74 Å². The van der Waals surface area contributed by atoms with Crippen LogP contribution in [0.3, 0.4) is 0 Å². The van der Waals surface area contributed by atoms with Gasteiger partial charge in [0.15, 0.2) is 0 Å². The molecule has 1 saturated carbocycles. The normalized spacial score (nSPS) is 23.6. The van der Waals surface area contributed by atoms with Crippen molar-refractivity contribution < 1.29 is 4.74 Å². The minimum absolute atomic E-state index is 0.698. The van der Waals surface area contributed by atoms with Crippen LogP contribution in [0.2, 0.25) is 0 Å². The number of hydrogen-bond donors (Lipinski definition) is 1. The molecule has 0 bridgehead atoms. The molecule has 2 aliphatic rings. The van der Waals surface area contributed by atoms with Crippen molar-refractivity contribution in [2.24, 2.45) is 5.92 Å². The van der Waals surface area contributed by atoms with E-state index in [0.717, 1.165) is 25.7 Å². The van der Waals surface area contributed by atoms with Crippen LogP contribution >= 0.6 is 0 Å². The van der Waals surface area contributed by atoms with Crippen LogP contribution in [0.4, 0.5) is 0 Å². The molecule has 0 amide bonds. The minimum Gasteiger partial charge on any atom is -0.381 e. The molecule has 0 radical (unpaired) electrons. The fourth-order valence-corrected chi connectivity index (χ4v) is 3.09. The van der Waals surface area contributed by atoms with Crippen molar-refractivity contribution in [1.29, 1.82) is 0 Å². The number of likely N-dealkylation sites (N-methyl/N-ethyl adjacent to an activating group) is 1. The van der Waals surface area contributed by atoms with Gasteiger partial charge in [0.1, 0.15) is 0 Å². The van der Waals surface area contributed by atoms with Gasteiger partial charge in [0.2, 0.25) is 0 Å². The first kappa shape index (κ1) is 13.3.